The summed E-state index contributed by atoms with van der Waals surface area (Å²) in [5.41, 5.74) is 5.03. The molecule has 0 fully saturated rings. The summed E-state index contributed by atoms with van der Waals surface area (Å²) in [6.45, 7) is -0.708. The number of pyridine rings is 1. The Morgan fingerprint density at radius 2 is 1.32 bits per heavy atom. The second-order valence-electron chi connectivity index (χ2n) is 15.5. The summed E-state index contributed by atoms with van der Waals surface area (Å²) >= 11 is 0. The Morgan fingerprint density at radius 1 is 0.694 bits per heavy atom. The maximum atomic E-state index is 14.6. The van der Waals surface area contributed by atoms with Gasteiger partial charge in [-0.1, -0.05) is 97.1 Å². The fourth-order valence-corrected chi connectivity index (χ4v) is 7.76. The second kappa shape index (κ2) is 21.8. The Bertz CT molecular complexity index is 2400. The van der Waals surface area contributed by atoms with E-state index in [4.69, 9.17) is 4.74 Å². The summed E-state index contributed by atoms with van der Waals surface area (Å²) in [7, 11) is -4.37. The monoisotopic (exact) mass is 858 g/mol. The molecule has 3 amide bonds. The van der Waals surface area contributed by atoms with Gasteiger partial charge in [-0.2, -0.15) is 8.42 Å². The third-order valence-electron chi connectivity index (χ3n) is 10.8. The van der Waals surface area contributed by atoms with Gasteiger partial charge in [0.15, 0.2) is 11.6 Å². The molecule has 0 spiro atoms. The minimum absolute atomic E-state index is 0.0536. The van der Waals surface area contributed by atoms with Crippen molar-refractivity contribution in [1.29, 1.82) is 0 Å². The first-order valence-electron chi connectivity index (χ1n) is 20.6. The van der Waals surface area contributed by atoms with Gasteiger partial charge in [0.2, 0.25) is 17.7 Å². The van der Waals surface area contributed by atoms with Crippen molar-refractivity contribution in [2.24, 2.45) is 11.8 Å². The molecule has 7 rings (SSSR count). The van der Waals surface area contributed by atoms with E-state index < -0.39 is 63.3 Å². The zero-order valence-corrected chi connectivity index (χ0v) is 35.0. The number of aryl methyl sites for hydroxylation is 1. The molecule has 0 saturated heterocycles. The number of hydrogen-bond acceptors (Lipinski definition) is 9. The first kappa shape index (κ1) is 45.0. The van der Waals surface area contributed by atoms with Crippen LogP contribution in [-0.2, 0) is 59.8 Å². The number of ketones is 2. The number of nitrogens with one attached hydrogen (secondary N) is 3. The van der Waals surface area contributed by atoms with E-state index in [-0.39, 0.29) is 57.5 Å². The van der Waals surface area contributed by atoms with Crippen molar-refractivity contribution in [2.75, 3.05) is 18.9 Å². The molecule has 3 heterocycles. The first-order chi connectivity index (χ1) is 29.9. The number of rotatable bonds is 12. The highest BCUT2D eigenvalue weighted by molar-refractivity contribution is 7.85. The molecule has 13 nitrogen and oxygen atoms in total. The normalized spacial score (nSPS) is 19.2. The highest BCUT2D eigenvalue weighted by Crippen LogP contribution is 2.23. The molecule has 5 aromatic rings. The van der Waals surface area contributed by atoms with Crippen LogP contribution in [0.1, 0.15) is 41.5 Å². The van der Waals surface area contributed by atoms with Gasteiger partial charge in [0.1, 0.15) is 18.4 Å². The highest BCUT2D eigenvalue weighted by atomic mass is 32.2. The number of carbonyl (C=O) groups is 5. The highest BCUT2D eigenvalue weighted by Gasteiger charge is 2.33. The predicted octanol–water partition coefficient (Wildman–Crippen LogP) is 4.93. The van der Waals surface area contributed by atoms with Crippen molar-refractivity contribution in [2.45, 2.75) is 57.0 Å². The number of carbonyl (C=O) groups excluding carboxylic acids is 5. The van der Waals surface area contributed by atoms with Crippen LogP contribution in [0.3, 0.4) is 0 Å². The van der Waals surface area contributed by atoms with E-state index in [9.17, 15) is 36.9 Å². The lowest BCUT2D eigenvalue weighted by Crippen LogP contribution is -2.54. The van der Waals surface area contributed by atoms with Crippen LogP contribution in [0.15, 0.2) is 134 Å². The molecule has 4 N–H and O–H groups in total. The minimum atomic E-state index is -4.37. The molecule has 2 aliphatic rings. The van der Waals surface area contributed by atoms with Crippen molar-refractivity contribution >= 4 is 39.4 Å². The Morgan fingerprint density at radius 3 is 2.00 bits per heavy atom. The number of amides is 3. The lowest BCUT2D eigenvalue weighted by Gasteiger charge is -2.26. The maximum Gasteiger partial charge on any atom is 0.266 e. The van der Waals surface area contributed by atoms with Crippen LogP contribution in [0.2, 0.25) is 0 Å². The molecular weight excluding hydrogens is 809 g/mol. The number of fused-ring (bicyclic) bond motifs is 16. The van der Waals surface area contributed by atoms with E-state index in [0.717, 1.165) is 27.8 Å². The van der Waals surface area contributed by atoms with Crippen LogP contribution in [0.4, 0.5) is 0 Å². The second-order valence-corrected chi connectivity index (χ2v) is 17.1. The van der Waals surface area contributed by atoms with E-state index in [1.807, 2.05) is 84.9 Å². The van der Waals surface area contributed by atoms with Gasteiger partial charge < -0.3 is 20.7 Å². The summed E-state index contributed by atoms with van der Waals surface area (Å²) < 4.78 is 37.9. The molecule has 0 aliphatic carbocycles. The van der Waals surface area contributed by atoms with E-state index in [1.165, 1.54) is 0 Å². The van der Waals surface area contributed by atoms with E-state index in [0.29, 0.717) is 17.7 Å². The molecule has 0 unspecified atom stereocenters. The molecule has 2 aliphatic heterocycles. The van der Waals surface area contributed by atoms with E-state index in [2.05, 4.69) is 20.9 Å². The molecule has 0 radical (unpaired) electrons. The fraction of sp³-hybridized carbons (Fsp3) is 0.292. The van der Waals surface area contributed by atoms with Crippen LogP contribution in [0.25, 0.3) is 11.1 Å². The number of ether oxygens (including phenoxy) is 1. The molecule has 2 bridgehead atoms. The van der Waals surface area contributed by atoms with Crippen molar-refractivity contribution < 1.29 is 41.7 Å². The third kappa shape index (κ3) is 14.0. The fourth-order valence-electron chi connectivity index (χ4n) is 7.40. The topological polar surface area (TPSA) is 198 Å². The Kier molecular flexibility index (Phi) is 15.9. The van der Waals surface area contributed by atoms with Gasteiger partial charge in [-0.3, -0.25) is 33.5 Å². The number of nitrogens with zero attached hydrogens (tertiary/aromatic N) is 1. The van der Waals surface area contributed by atoms with Crippen molar-refractivity contribution in [3.05, 3.63) is 156 Å². The van der Waals surface area contributed by atoms with Crippen LogP contribution in [0, 0.1) is 11.8 Å². The van der Waals surface area contributed by atoms with Gasteiger partial charge in [0.25, 0.3) is 10.1 Å². The molecule has 4 atom stereocenters. The number of hydrogen-bond donors (Lipinski definition) is 4. The third-order valence-corrected chi connectivity index (χ3v) is 11.5. The summed E-state index contributed by atoms with van der Waals surface area (Å²) in [5, 5.41) is 8.38. The molecule has 4 aromatic carbocycles. The summed E-state index contributed by atoms with van der Waals surface area (Å²) in [6.07, 6.45) is 3.56. The Labute approximate surface area is 361 Å². The van der Waals surface area contributed by atoms with Crippen LogP contribution in [-0.4, -0.2) is 78.2 Å². The largest absolute Gasteiger partial charge is 0.486 e. The van der Waals surface area contributed by atoms with Crippen LogP contribution in [0.5, 0.6) is 5.75 Å². The lowest BCUT2D eigenvalue weighted by atomic mass is 9.89. The molecule has 14 heteroatoms. The quantitative estimate of drug-likeness (QED) is 0.125. The Balaban J connectivity index is 1.34. The average Bonchev–Trinajstić information content (AvgIpc) is 3.27. The van der Waals surface area contributed by atoms with Crippen LogP contribution < -0.4 is 20.7 Å². The SMILES string of the molecule is O=C1COc2ccc(cc2)C[C@@H](C(=O)NCCS(=O)(=O)O)CC(=O)[C@H](CCc2ccccc2)NC(=O)[C@@H](Cc2ccc(-c3ccccc3)cc2)NC(=O)[C@H](Cc2ccncc2)C1. The summed E-state index contributed by atoms with van der Waals surface area (Å²) in [5.74, 6) is -4.79. The number of aromatic nitrogens is 1. The van der Waals surface area contributed by atoms with Gasteiger partial charge in [-0.25, -0.2) is 0 Å². The van der Waals surface area contributed by atoms with Gasteiger partial charge in [-0.15, -0.1) is 0 Å². The molecule has 0 saturated carbocycles. The van der Waals surface area contributed by atoms with Crippen LogP contribution >= 0.6 is 0 Å². The maximum absolute atomic E-state index is 14.6. The van der Waals surface area contributed by atoms with Crippen molar-refractivity contribution in [3.63, 3.8) is 0 Å². The zero-order chi connectivity index (χ0) is 43.9. The lowest BCUT2D eigenvalue weighted by molar-refractivity contribution is -0.135. The number of benzene rings is 4. The smallest absolute Gasteiger partial charge is 0.266 e. The molecule has 322 valence electrons. The minimum Gasteiger partial charge on any atom is -0.486 e. The predicted molar refractivity (Wildman–Crippen MR) is 233 cm³/mol. The number of Topliss-reactive ketones (excluding diaryl/α,β-unsaturated/α-hetero) is 2. The standard InChI is InChI=1S/C48H50N4O9S/c53-41-30-39(28-36-21-23-49-24-22-36)47(56)52-44(29-35-11-16-38(17-12-35)37-9-5-2-6-10-37)48(57)51-43(20-15-33-7-3-1-4-8-33)45(54)31-40(46(55)50-25-26-62(58,59)60)27-34-13-18-42(19-14-34)61-32-41/h1-14,16-19,21-24,39-40,43-44H,15,20,25-32H2,(H,50,55)(H,51,57)(H,52,56)(H,58,59,60)/t39-,40-,43+,44-/m1/s1. The van der Waals surface area contributed by atoms with Gasteiger partial charge in [-0.05, 0) is 83.3 Å². The molecule has 62 heavy (non-hydrogen) atoms. The first-order valence-corrected chi connectivity index (χ1v) is 22.2. The summed E-state index contributed by atoms with van der Waals surface area (Å²) in [4.78, 5) is 74.5. The molecular formula is C48H50N4O9S. The van der Waals surface area contributed by atoms with E-state index in [1.54, 1.807) is 48.8 Å². The Hall–Kier alpha value is -6.51. The average molecular weight is 859 g/mol. The zero-order valence-electron chi connectivity index (χ0n) is 34.2. The van der Waals surface area contributed by atoms with Crippen molar-refractivity contribution in [3.8, 4) is 16.9 Å². The van der Waals surface area contributed by atoms with Gasteiger partial charge >= 0.3 is 0 Å². The van der Waals surface area contributed by atoms with Gasteiger partial charge in [0, 0.05) is 50.0 Å². The van der Waals surface area contributed by atoms with Gasteiger partial charge in [0.05, 0.1) is 11.8 Å². The molecule has 1 aromatic heterocycles. The van der Waals surface area contributed by atoms with E-state index >= 15 is 0 Å². The summed E-state index contributed by atoms with van der Waals surface area (Å²) in [6, 6.07) is 34.7. The van der Waals surface area contributed by atoms with Crippen molar-refractivity contribution in [1.82, 2.24) is 20.9 Å².